The summed E-state index contributed by atoms with van der Waals surface area (Å²) >= 11 is 0. The lowest BCUT2D eigenvalue weighted by molar-refractivity contribution is 0.277. The zero-order chi connectivity index (χ0) is 14.8. The molecule has 0 radical (unpaired) electrons. The lowest BCUT2D eigenvalue weighted by atomic mass is 9.96. The van der Waals surface area contributed by atoms with Crippen LogP contribution in [-0.2, 0) is 5.41 Å². The fraction of sp³-hybridized carbons (Fsp3) is 0.733. The number of rotatable bonds is 4. The molecule has 0 spiro atoms. The molecule has 3 N–H and O–H groups in total. The van der Waals surface area contributed by atoms with Crippen LogP contribution in [0.1, 0.15) is 46.4 Å². The second-order valence-corrected chi connectivity index (χ2v) is 6.56. The van der Waals surface area contributed by atoms with E-state index in [-0.39, 0.29) is 5.41 Å². The van der Waals surface area contributed by atoms with Crippen LogP contribution >= 0.6 is 0 Å². The molecule has 5 nitrogen and oxygen atoms in total. The topological polar surface area (TPSA) is 67.1 Å². The highest BCUT2D eigenvalue weighted by Gasteiger charge is 2.23. The van der Waals surface area contributed by atoms with Gasteiger partial charge >= 0.3 is 0 Å². The smallest absolute Gasteiger partial charge is 0.138 e. The molecule has 1 atom stereocenters. The number of aromatic nitrogens is 2. The highest BCUT2D eigenvalue weighted by molar-refractivity contribution is 5.45. The SMILES string of the molecule is CCN1CCCC1CNc1cc(N)nc(C(C)(C)C)n1. The van der Waals surface area contributed by atoms with Crippen molar-refractivity contribution in [1.29, 1.82) is 0 Å². The lowest BCUT2D eigenvalue weighted by Gasteiger charge is -2.24. The van der Waals surface area contributed by atoms with Crippen molar-refractivity contribution >= 4 is 11.6 Å². The molecular formula is C15H27N5. The van der Waals surface area contributed by atoms with E-state index in [2.05, 4.69) is 47.9 Å². The van der Waals surface area contributed by atoms with Gasteiger partial charge in [-0.15, -0.1) is 0 Å². The molecule has 0 aromatic carbocycles. The maximum atomic E-state index is 5.89. The Hall–Kier alpha value is -1.36. The van der Waals surface area contributed by atoms with Crippen molar-refractivity contribution < 1.29 is 0 Å². The van der Waals surface area contributed by atoms with E-state index in [0.717, 1.165) is 24.7 Å². The predicted octanol–water partition coefficient (Wildman–Crippen LogP) is 2.25. The number of likely N-dealkylation sites (tertiary alicyclic amines) is 1. The number of nitrogens with zero attached hydrogens (tertiary/aromatic N) is 3. The Morgan fingerprint density at radius 1 is 1.40 bits per heavy atom. The van der Waals surface area contributed by atoms with Gasteiger partial charge in [0.25, 0.3) is 0 Å². The quantitative estimate of drug-likeness (QED) is 0.883. The molecule has 1 aliphatic heterocycles. The summed E-state index contributed by atoms with van der Waals surface area (Å²) in [6.07, 6.45) is 2.55. The number of nitrogens with two attached hydrogens (primary N) is 1. The number of anilines is 2. The van der Waals surface area contributed by atoms with E-state index in [1.54, 1.807) is 0 Å². The van der Waals surface area contributed by atoms with Crippen molar-refractivity contribution in [3.8, 4) is 0 Å². The summed E-state index contributed by atoms with van der Waals surface area (Å²) < 4.78 is 0. The average Bonchev–Trinajstić information content (AvgIpc) is 2.82. The van der Waals surface area contributed by atoms with E-state index < -0.39 is 0 Å². The average molecular weight is 277 g/mol. The Morgan fingerprint density at radius 3 is 2.80 bits per heavy atom. The molecule has 0 amide bonds. The Morgan fingerprint density at radius 2 is 2.15 bits per heavy atom. The van der Waals surface area contributed by atoms with Crippen molar-refractivity contribution in [3.05, 3.63) is 11.9 Å². The van der Waals surface area contributed by atoms with Crippen LogP contribution in [0.4, 0.5) is 11.6 Å². The minimum atomic E-state index is -0.0887. The van der Waals surface area contributed by atoms with E-state index >= 15 is 0 Å². The number of hydrogen-bond acceptors (Lipinski definition) is 5. The number of nitrogen functional groups attached to an aromatic ring is 1. The molecule has 112 valence electrons. The van der Waals surface area contributed by atoms with E-state index in [1.807, 2.05) is 6.07 Å². The van der Waals surface area contributed by atoms with E-state index in [9.17, 15) is 0 Å². The molecule has 1 aromatic heterocycles. The molecule has 20 heavy (non-hydrogen) atoms. The number of nitrogens with one attached hydrogen (secondary N) is 1. The van der Waals surface area contributed by atoms with Gasteiger partial charge in [0.1, 0.15) is 17.5 Å². The normalized spacial score (nSPS) is 20.3. The van der Waals surface area contributed by atoms with Crippen molar-refractivity contribution in [2.24, 2.45) is 0 Å². The van der Waals surface area contributed by atoms with Gasteiger partial charge in [-0.25, -0.2) is 9.97 Å². The van der Waals surface area contributed by atoms with Crippen molar-refractivity contribution in [1.82, 2.24) is 14.9 Å². The van der Waals surface area contributed by atoms with Crippen LogP contribution in [-0.4, -0.2) is 40.5 Å². The van der Waals surface area contributed by atoms with Gasteiger partial charge in [0.05, 0.1) is 0 Å². The van der Waals surface area contributed by atoms with E-state index in [1.165, 1.54) is 19.4 Å². The molecule has 1 aromatic rings. The Labute approximate surface area is 122 Å². The largest absolute Gasteiger partial charge is 0.384 e. The summed E-state index contributed by atoms with van der Waals surface area (Å²) in [5, 5.41) is 3.43. The fourth-order valence-corrected chi connectivity index (χ4v) is 2.66. The molecule has 0 saturated carbocycles. The number of likely N-dealkylation sites (N-methyl/N-ethyl adjacent to an activating group) is 1. The van der Waals surface area contributed by atoms with Crippen LogP contribution < -0.4 is 11.1 Å². The standard InChI is InChI=1S/C15H27N5/c1-5-20-8-6-7-11(20)10-17-13-9-12(16)18-14(19-13)15(2,3)4/h9,11H,5-8,10H2,1-4H3,(H3,16,17,18,19). The molecule has 1 saturated heterocycles. The highest BCUT2D eigenvalue weighted by Crippen LogP contribution is 2.22. The van der Waals surface area contributed by atoms with Crippen molar-refractivity contribution in [2.45, 2.75) is 52.0 Å². The Kier molecular flexibility index (Phi) is 4.48. The maximum Gasteiger partial charge on any atom is 0.138 e. The molecule has 0 aliphatic carbocycles. The van der Waals surface area contributed by atoms with E-state index in [4.69, 9.17) is 5.73 Å². The third-order valence-corrected chi connectivity index (χ3v) is 3.84. The summed E-state index contributed by atoms with van der Waals surface area (Å²) in [6.45, 7) is 11.8. The van der Waals surface area contributed by atoms with Crippen LogP contribution in [0.15, 0.2) is 6.07 Å². The third kappa shape index (κ3) is 3.60. The van der Waals surface area contributed by atoms with Gasteiger partial charge in [-0.2, -0.15) is 0 Å². The van der Waals surface area contributed by atoms with Gasteiger partial charge in [-0.1, -0.05) is 27.7 Å². The van der Waals surface area contributed by atoms with Gasteiger partial charge < -0.3 is 11.1 Å². The van der Waals surface area contributed by atoms with Crippen molar-refractivity contribution in [2.75, 3.05) is 30.7 Å². The van der Waals surface area contributed by atoms with Gasteiger partial charge in [0.15, 0.2) is 0 Å². The summed E-state index contributed by atoms with van der Waals surface area (Å²) in [5.41, 5.74) is 5.80. The molecule has 0 bridgehead atoms. The van der Waals surface area contributed by atoms with Crippen LogP contribution in [0.5, 0.6) is 0 Å². The monoisotopic (exact) mass is 277 g/mol. The first kappa shape index (κ1) is 15.0. The number of hydrogen-bond donors (Lipinski definition) is 2. The molecule has 1 aliphatic rings. The van der Waals surface area contributed by atoms with E-state index in [0.29, 0.717) is 11.9 Å². The second-order valence-electron chi connectivity index (χ2n) is 6.56. The summed E-state index contributed by atoms with van der Waals surface area (Å²) in [5.74, 6) is 2.16. The third-order valence-electron chi connectivity index (χ3n) is 3.84. The Bertz CT molecular complexity index is 452. The zero-order valence-corrected chi connectivity index (χ0v) is 13.1. The van der Waals surface area contributed by atoms with Crippen LogP contribution in [0.3, 0.4) is 0 Å². The first-order chi connectivity index (χ1) is 9.40. The molecule has 2 heterocycles. The summed E-state index contributed by atoms with van der Waals surface area (Å²) in [7, 11) is 0. The highest BCUT2D eigenvalue weighted by atomic mass is 15.2. The molecule has 1 fully saturated rings. The van der Waals surface area contributed by atoms with Crippen LogP contribution in [0.2, 0.25) is 0 Å². The minimum Gasteiger partial charge on any atom is -0.384 e. The summed E-state index contributed by atoms with van der Waals surface area (Å²) in [6, 6.07) is 2.43. The fourth-order valence-electron chi connectivity index (χ4n) is 2.66. The van der Waals surface area contributed by atoms with Gasteiger partial charge in [-0.05, 0) is 25.9 Å². The van der Waals surface area contributed by atoms with Crippen LogP contribution in [0, 0.1) is 0 Å². The molecule has 1 unspecified atom stereocenters. The van der Waals surface area contributed by atoms with Gasteiger partial charge in [0, 0.05) is 24.1 Å². The minimum absolute atomic E-state index is 0.0887. The van der Waals surface area contributed by atoms with Gasteiger partial charge in [-0.3, -0.25) is 4.90 Å². The maximum absolute atomic E-state index is 5.89. The lowest BCUT2D eigenvalue weighted by Crippen LogP contribution is -2.35. The van der Waals surface area contributed by atoms with Crippen LogP contribution in [0.25, 0.3) is 0 Å². The molecule has 2 rings (SSSR count). The first-order valence-electron chi connectivity index (χ1n) is 7.53. The van der Waals surface area contributed by atoms with Gasteiger partial charge in [0.2, 0.25) is 0 Å². The predicted molar refractivity (Wildman–Crippen MR) is 83.9 cm³/mol. The van der Waals surface area contributed by atoms with Crippen molar-refractivity contribution in [3.63, 3.8) is 0 Å². The Balaban J connectivity index is 2.04. The molecule has 5 heteroatoms. The first-order valence-corrected chi connectivity index (χ1v) is 7.53. The summed E-state index contributed by atoms with van der Waals surface area (Å²) in [4.78, 5) is 11.4. The molecular weight excluding hydrogens is 250 g/mol. The zero-order valence-electron chi connectivity index (χ0n) is 13.1. The second kappa shape index (κ2) is 5.95.